The zero-order valence-corrected chi connectivity index (χ0v) is 22.1. The molecule has 0 aromatic heterocycles. The third-order valence-corrected chi connectivity index (χ3v) is 5.91. The average molecular weight is 553 g/mol. The number of ether oxygens (including phenoxy) is 3. The predicted octanol–water partition coefficient (Wildman–Crippen LogP) is 6.11. The van der Waals surface area contributed by atoms with Crippen molar-refractivity contribution in [3.8, 4) is 17.2 Å². The Morgan fingerprint density at radius 3 is 2.36 bits per heavy atom. The van der Waals surface area contributed by atoms with Crippen LogP contribution >= 0.6 is 15.9 Å². The first-order chi connectivity index (χ1) is 17.4. The molecule has 0 spiro atoms. The summed E-state index contributed by atoms with van der Waals surface area (Å²) in [4.78, 5) is 24.6. The van der Waals surface area contributed by atoms with E-state index in [2.05, 4.69) is 40.3 Å². The second-order valence-corrected chi connectivity index (χ2v) is 8.91. The molecular formula is C28H29BrN2O5. The van der Waals surface area contributed by atoms with Crippen molar-refractivity contribution in [2.75, 3.05) is 13.2 Å². The maximum atomic E-state index is 12.5. The van der Waals surface area contributed by atoms with E-state index in [1.54, 1.807) is 42.5 Å². The number of nitrogens with one attached hydrogen (secondary N) is 1. The average Bonchev–Trinajstić information content (AvgIpc) is 2.89. The third kappa shape index (κ3) is 7.95. The molecule has 0 saturated carbocycles. The van der Waals surface area contributed by atoms with Crippen LogP contribution in [0.15, 0.2) is 76.3 Å². The second kappa shape index (κ2) is 13.4. The maximum absolute atomic E-state index is 12.5. The van der Waals surface area contributed by atoms with Crippen LogP contribution < -0.4 is 19.6 Å². The van der Waals surface area contributed by atoms with Crippen molar-refractivity contribution in [1.82, 2.24) is 5.43 Å². The fourth-order valence-corrected chi connectivity index (χ4v) is 3.45. The normalized spacial score (nSPS) is 11.7. The van der Waals surface area contributed by atoms with E-state index < -0.39 is 5.97 Å². The molecule has 3 aromatic rings. The maximum Gasteiger partial charge on any atom is 0.343 e. The van der Waals surface area contributed by atoms with Crippen molar-refractivity contribution in [3.05, 3.63) is 87.9 Å². The molecule has 1 atom stereocenters. The Balaban J connectivity index is 1.55. The minimum Gasteiger partial charge on any atom is -0.490 e. The molecule has 36 heavy (non-hydrogen) atoms. The van der Waals surface area contributed by atoms with Gasteiger partial charge in [0.25, 0.3) is 5.91 Å². The van der Waals surface area contributed by atoms with E-state index in [0.717, 1.165) is 10.9 Å². The number of halogens is 1. The van der Waals surface area contributed by atoms with Crippen molar-refractivity contribution >= 4 is 34.0 Å². The van der Waals surface area contributed by atoms with E-state index in [-0.39, 0.29) is 12.5 Å². The Morgan fingerprint density at radius 1 is 0.972 bits per heavy atom. The summed E-state index contributed by atoms with van der Waals surface area (Å²) in [6.07, 6.45) is 2.54. The SMILES string of the molecule is CCOc1cc(/C=N\NC(=O)COc2ccc([C@@H](C)CC)cc2)ccc1OC(=O)c1ccc(Br)cc1. The summed E-state index contributed by atoms with van der Waals surface area (Å²) < 4.78 is 17.5. The van der Waals surface area contributed by atoms with Crippen molar-refractivity contribution in [2.24, 2.45) is 5.10 Å². The van der Waals surface area contributed by atoms with E-state index in [9.17, 15) is 9.59 Å². The van der Waals surface area contributed by atoms with Crippen molar-refractivity contribution in [2.45, 2.75) is 33.1 Å². The smallest absolute Gasteiger partial charge is 0.343 e. The van der Waals surface area contributed by atoms with Gasteiger partial charge in [-0.2, -0.15) is 5.10 Å². The van der Waals surface area contributed by atoms with Crippen LogP contribution in [-0.2, 0) is 4.79 Å². The number of benzene rings is 3. The molecule has 1 N–H and O–H groups in total. The topological polar surface area (TPSA) is 86.2 Å². The number of rotatable bonds is 11. The van der Waals surface area contributed by atoms with Gasteiger partial charge in [0.05, 0.1) is 18.4 Å². The van der Waals surface area contributed by atoms with Gasteiger partial charge in [0.2, 0.25) is 0 Å². The van der Waals surface area contributed by atoms with E-state index in [0.29, 0.717) is 40.9 Å². The van der Waals surface area contributed by atoms with Crippen molar-refractivity contribution in [1.29, 1.82) is 0 Å². The molecule has 0 heterocycles. The number of carbonyl (C=O) groups excluding carboxylic acids is 2. The van der Waals surface area contributed by atoms with E-state index in [4.69, 9.17) is 14.2 Å². The Morgan fingerprint density at radius 2 is 1.69 bits per heavy atom. The van der Waals surface area contributed by atoms with Gasteiger partial charge in [-0.3, -0.25) is 4.79 Å². The van der Waals surface area contributed by atoms with Crippen LogP contribution in [0.2, 0.25) is 0 Å². The molecular weight excluding hydrogens is 524 g/mol. The minimum atomic E-state index is -0.494. The second-order valence-electron chi connectivity index (χ2n) is 8.00. The van der Waals surface area contributed by atoms with Crippen LogP contribution in [0.5, 0.6) is 17.2 Å². The monoisotopic (exact) mass is 552 g/mol. The Kier molecular flexibility index (Phi) is 10.1. The van der Waals surface area contributed by atoms with Crippen LogP contribution in [0.4, 0.5) is 0 Å². The molecule has 8 heteroatoms. The Labute approximate surface area is 219 Å². The summed E-state index contributed by atoms with van der Waals surface area (Å²) in [5.41, 5.74) is 4.75. The summed E-state index contributed by atoms with van der Waals surface area (Å²) in [6, 6.07) is 19.6. The van der Waals surface area contributed by atoms with Crippen LogP contribution in [0.25, 0.3) is 0 Å². The Bertz CT molecular complexity index is 1190. The molecule has 7 nitrogen and oxygen atoms in total. The number of carbonyl (C=O) groups is 2. The lowest BCUT2D eigenvalue weighted by Crippen LogP contribution is -2.24. The zero-order valence-electron chi connectivity index (χ0n) is 20.5. The highest BCUT2D eigenvalue weighted by Gasteiger charge is 2.13. The highest BCUT2D eigenvalue weighted by Crippen LogP contribution is 2.29. The lowest BCUT2D eigenvalue weighted by atomic mass is 9.99. The predicted molar refractivity (Wildman–Crippen MR) is 143 cm³/mol. The first-order valence-electron chi connectivity index (χ1n) is 11.7. The van der Waals surface area contributed by atoms with Gasteiger partial charge in [0.1, 0.15) is 5.75 Å². The zero-order chi connectivity index (χ0) is 25.9. The van der Waals surface area contributed by atoms with E-state index >= 15 is 0 Å². The van der Waals surface area contributed by atoms with Crippen molar-refractivity contribution < 1.29 is 23.8 Å². The number of hydrogen-bond acceptors (Lipinski definition) is 6. The third-order valence-electron chi connectivity index (χ3n) is 5.38. The minimum absolute atomic E-state index is 0.158. The highest BCUT2D eigenvalue weighted by molar-refractivity contribution is 9.10. The molecule has 0 radical (unpaired) electrons. The summed E-state index contributed by atoms with van der Waals surface area (Å²) in [7, 11) is 0. The van der Waals surface area contributed by atoms with Gasteiger partial charge in [0, 0.05) is 4.47 Å². The number of esters is 1. The molecule has 0 aliphatic heterocycles. The van der Waals surface area contributed by atoms with Crippen molar-refractivity contribution in [3.63, 3.8) is 0 Å². The number of hydrazone groups is 1. The largest absolute Gasteiger partial charge is 0.490 e. The standard InChI is InChI=1S/C28H29BrN2O5/c1-4-19(3)21-9-13-24(14-10-21)35-18-27(32)31-30-17-20-6-15-25(26(16-20)34-5-2)36-28(33)22-7-11-23(29)12-8-22/h6-17,19H,4-5,18H2,1-3H3,(H,31,32)/b30-17-/t19-/m0/s1. The van der Waals surface area contributed by atoms with Crippen LogP contribution in [-0.4, -0.2) is 31.3 Å². The number of hydrogen-bond donors (Lipinski definition) is 1. The van der Waals surface area contributed by atoms with E-state index in [1.807, 2.05) is 31.2 Å². The lowest BCUT2D eigenvalue weighted by molar-refractivity contribution is -0.123. The number of nitrogens with zero attached hydrogens (tertiary/aromatic N) is 1. The summed E-state index contributed by atoms with van der Waals surface area (Å²) >= 11 is 3.34. The summed E-state index contributed by atoms with van der Waals surface area (Å²) in [5, 5.41) is 3.98. The molecule has 188 valence electrons. The van der Waals surface area contributed by atoms with Gasteiger partial charge in [-0.1, -0.05) is 41.9 Å². The van der Waals surface area contributed by atoms with Gasteiger partial charge in [-0.05, 0) is 85.0 Å². The fraction of sp³-hybridized carbons (Fsp3) is 0.250. The summed E-state index contributed by atoms with van der Waals surface area (Å²) in [6.45, 7) is 6.37. The van der Waals surface area contributed by atoms with Crippen LogP contribution in [0.1, 0.15) is 54.6 Å². The fourth-order valence-electron chi connectivity index (χ4n) is 3.19. The van der Waals surface area contributed by atoms with E-state index in [1.165, 1.54) is 11.8 Å². The van der Waals surface area contributed by atoms with Crippen LogP contribution in [0.3, 0.4) is 0 Å². The van der Waals surface area contributed by atoms with Gasteiger partial charge >= 0.3 is 5.97 Å². The van der Waals surface area contributed by atoms with Gasteiger partial charge in [-0.15, -0.1) is 0 Å². The molecule has 1 amide bonds. The number of amides is 1. The van der Waals surface area contributed by atoms with Gasteiger partial charge in [-0.25, -0.2) is 10.2 Å². The highest BCUT2D eigenvalue weighted by atomic mass is 79.9. The van der Waals surface area contributed by atoms with Crippen LogP contribution in [0, 0.1) is 0 Å². The first kappa shape index (κ1) is 26.9. The molecule has 0 unspecified atom stereocenters. The lowest BCUT2D eigenvalue weighted by Gasteiger charge is -2.11. The quantitative estimate of drug-likeness (QED) is 0.134. The molecule has 0 fully saturated rings. The molecule has 3 aromatic carbocycles. The van der Waals surface area contributed by atoms with Gasteiger partial charge in [0.15, 0.2) is 18.1 Å². The molecule has 0 aliphatic carbocycles. The van der Waals surface area contributed by atoms with Gasteiger partial charge < -0.3 is 14.2 Å². The molecule has 0 aliphatic rings. The summed E-state index contributed by atoms with van der Waals surface area (Å²) in [5.74, 6) is 0.901. The molecule has 0 saturated heterocycles. The molecule has 3 rings (SSSR count). The first-order valence-corrected chi connectivity index (χ1v) is 12.5. The molecule has 0 bridgehead atoms. The Hall–Kier alpha value is -3.65.